The predicted octanol–water partition coefficient (Wildman–Crippen LogP) is 7.96. The van der Waals surface area contributed by atoms with E-state index in [2.05, 4.69) is 93.6 Å². The number of hydrogen-bond acceptors (Lipinski definition) is 0. The molecule has 0 N–H and O–H groups in total. The van der Waals surface area contributed by atoms with Crippen molar-refractivity contribution in [3.63, 3.8) is 0 Å². The number of allylic oxidation sites excluding steroid dienone is 1. The summed E-state index contributed by atoms with van der Waals surface area (Å²) in [7, 11) is 0. The highest BCUT2D eigenvalue weighted by Crippen LogP contribution is 2.42. The second kappa shape index (κ2) is 8.19. The van der Waals surface area contributed by atoms with Crippen LogP contribution in [0.1, 0.15) is 50.3 Å². The first-order chi connectivity index (χ1) is 13.7. The molecule has 28 heavy (non-hydrogen) atoms. The first-order valence-corrected chi connectivity index (χ1v) is 10.7. The van der Waals surface area contributed by atoms with Gasteiger partial charge in [-0.15, -0.1) is 0 Å². The summed E-state index contributed by atoms with van der Waals surface area (Å²) in [6.45, 7) is 6.91. The number of benzene rings is 3. The largest absolute Gasteiger partial charge is 0.0651 e. The van der Waals surface area contributed by atoms with Crippen LogP contribution >= 0.6 is 0 Å². The van der Waals surface area contributed by atoms with Crippen molar-refractivity contribution in [2.75, 3.05) is 0 Å². The molecule has 0 aliphatic heterocycles. The van der Waals surface area contributed by atoms with E-state index >= 15 is 0 Å². The van der Waals surface area contributed by atoms with Crippen LogP contribution in [0.5, 0.6) is 0 Å². The lowest BCUT2D eigenvalue weighted by atomic mass is 9.86. The second-order valence-electron chi connectivity index (χ2n) is 8.41. The number of hydrogen-bond donors (Lipinski definition) is 0. The summed E-state index contributed by atoms with van der Waals surface area (Å²) in [5.41, 5.74) is 11.5. The molecule has 0 heterocycles. The molecule has 1 aliphatic rings. The van der Waals surface area contributed by atoms with Crippen LogP contribution < -0.4 is 0 Å². The van der Waals surface area contributed by atoms with Crippen LogP contribution in [-0.2, 0) is 12.8 Å². The lowest BCUT2D eigenvalue weighted by Gasteiger charge is -2.18. The molecule has 0 unspecified atom stereocenters. The number of fused-ring (bicyclic) bond motifs is 1. The molecule has 0 fully saturated rings. The predicted molar refractivity (Wildman–Crippen MR) is 122 cm³/mol. The molecule has 0 aromatic heterocycles. The molecular formula is C28H30. The highest BCUT2D eigenvalue weighted by Gasteiger charge is 2.21. The van der Waals surface area contributed by atoms with Crippen LogP contribution in [0.15, 0.2) is 72.3 Å². The molecule has 0 saturated carbocycles. The van der Waals surface area contributed by atoms with Crippen LogP contribution in [0.25, 0.3) is 28.3 Å². The minimum absolute atomic E-state index is 0.704. The summed E-state index contributed by atoms with van der Waals surface area (Å²) in [6.07, 6.45) is 7.09. The summed E-state index contributed by atoms with van der Waals surface area (Å²) in [5.74, 6) is 0.704. The van der Waals surface area contributed by atoms with Gasteiger partial charge in [0.25, 0.3) is 0 Å². The van der Waals surface area contributed by atoms with Crippen LogP contribution in [0.4, 0.5) is 0 Å². The third-order valence-electron chi connectivity index (χ3n) is 5.66. The van der Waals surface area contributed by atoms with Gasteiger partial charge in [-0.1, -0.05) is 106 Å². The molecule has 0 radical (unpaired) electrons. The third-order valence-corrected chi connectivity index (χ3v) is 5.66. The van der Waals surface area contributed by atoms with Gasteiger partial charge in [0.2, 0.25) is 0 Å². The van der Waals surface area contributed by atoms with E-state index in [1.807, 2.05) is 0 Å². The fourth-order valence-corrected chi connectivity index (χ4v) is 4.55. The average molecular weight is 367 g/mol. The Balaban J connectivity index is 1.92. The summed E-state index contributed by atoms with van der Waals surface area (Å²) in [5, 5.41) is 0. The van der Waals surface area contributed by atoms with Crippen molar-refractivity contribution in [2.24, 2.45) is 5.92 Å². The molecule has 3 aromatic rings. The van der Waals surface area contributed by atoms with Gasteiger partial charge >= 0.3 is 0 Å². The minimum atomic E-state index is 0.704. The quantitative estimate of drug-likeness (QED) is 0.415. The van der Waals surface area contributed by atoms with Crippen molar-refractivity contribution in [2.45, 2.75) is 46.5 Å². The SMILES string of the molecule is CCCc1ccc2c(c1-c1ccccc1-c1ccccc1)C=C(CC(C)C)C2. The normalized spacial score (nSPS) is 12.9. The zero-order chi connectivity index (χ0) is 19.5. The van der Waals surface area contributed by atoms with Crippen molar-refractivity contribution >= 4 is 6.08 Å². The Kier molecular flexibility index (Phi) is 5.48. The van der Waals surface area contributed by atoms with Crippen LogP contribution in [0, 0.1) is 5.92 Å². The Labute approximate surface area is 169 Å². The Morgan fingerprint density at radius 2 is 1.54 bits per heavy atom. The van der Waals surface area contributed by atoms with Gasteiger partial charge < -0.3 is 0 Å². The second-order valence-corrected chi connectivity index (χ2v) is 8.41. The molecule has 0 bridgehead atoms. The summed E-state index contributed by atoms with van der Waals surface area (Å²) in [6, 6.07) is 24.5. The molecule has 142 valence electrons. The third kappa shape index (κ3) is 3.69. The van der Waals surface area contributed by atoms with Crippen molar-refractivity contribution in [1.82, 2.24) is 0 Å². The first kappa shape index (κ1) is 18.7. The molecule has 0 spiro atoms. The van der Waals surface area contributed by atoms with Gasteiger partial charge in [-0.25, -0.2) is 0 Å². The zero-order valence-corrected chi connectivity index (χ0v) is 17.3. The smallest absolute Gasteiger partial charge is 0.00575 e. The number of aryl methyl sites for hydroxylation is 1. The Hall–Kier alpha value is -2.60. The summed E-state index contributed by atoms with van der Waals surface area (Å²) >= 11 is 0. The van der Waals surface area contributed by atoms with Gasteiger partial charge in [-0.05, 0) is 64.1 Å². The van der Waals surface area contributed by atoms with E-state index in [0.717, 1.165) is 12.8 Å². The van der Waals surface area contributed by atoms with Crippen molar-refractivity contribution in [1.29, 1.82) is 0 Å². The van der Waals surface area contributed by atoms with Crippen LogP contribution in [0.2, 0.25) is 0 Å². The van der Waals surface area contributed by atoms with Crippen LogP contribution in [0.3, 0.4) is 0 Å². The van der Waals surface area contributed by atoms with Gasteiger partial charge in [0, 0.05) is 0 Å². The van der Waals surface area contributed by atoms with Gasteiger partial charge in [0.05, 0.1) is 0 Å². The Bertz CT molecular complexity index is 990. The van der Waals surface area contributed by atoms with Crippen LogP contribution in [-0.4, -0.2) is 0 Å². The summed E-state index contributed by atoms with van der Waals surface area (Å²) < 4.78 is 0. The molecule has 0 nitrogen and oxygen atoms in total. The van der Waals surface area contributed by atoms with E-state index in [0.29, 0.717) is 5.92 Å². The van der Waals surface area contributed by atoms with E-state index in [4.69, 9.17) is 0 Å². The lowest BCUT2D eigenvalue weighted by Crippen LogP contribution is -1.97. The highest BCUT2D eigenvalue weighted by atomic mass is 14.3. The van der Waals surface area contributed by atoms with E-state index < -0.39 is 0 Å². The molecule has 3 aromatic carbocycles. The molecule has 0 amide bonds. The van der Waals surface area contributed by atoms with Gasteiger partial charge in [-0.2, -0.15) is 0 Å². The standard InChI is InChI=1S/C28H30/c1-4-10-23-15-16-24-18-21(17-20(2)3)19-27(24)28(23)26-14-9-8-13-25(26)22-11-6-5-7-12-22/h5-9,11-16,19-20H,4,10,17-18H2,1-3H3. The minimum Gasteiger partial charge on any atom is -0.0651 e. The fourth-order valence-electron chi connectivity index (χ4n) is 4.55. The lowest BCUT2D eigenvalue weighted by molar-refractivity contribution is 0.638. The van der Waals surface area contributed by atoms with E-state index in [-0.39, 0.29) is 0 Å². The molecule has 0 atom stereocenters. The van der Waals surface area contributed by atoms with Gasteiger partial charge in [-0.3, -0.25) is 0 Å². The molecule has 0 heteroatoms. The summed E-state index contributed by atoms with van der Waals surface area (Å²) in [4.78, 5) is 0. The van der Waals surface area contributed by atoms with E-state index in [9.17, 15) is 0 Å². The molecule has 1 aliphatic carbocycles. The van der Waals surface area contributed by atoms with Gasteiger partial charge in [0.1, 0.15) is 0 Å². The molecular weight excluding hydrogens is 336 g/mol. The van der Waals surface area contributed by atoms with Crippen molar-refractivity contribution in [3.05, 3.63) is 89.0 Å². The molecule has 0 saturated heterocycles. The van der Waals surface area contributed by atoms with Crippen molar-refractivity contribution in [3.8, 4) is 22.3 Å². The average Bonchev–Trinajstić information content (AvgIpc) is 3.10. The number of rotatable bonds is 6. The van der Waals surface area contributed by atoms with Gasteiger partial charge in [0.15, 0.2) is 0 Å². The van der Waals surface area contributed by atoms with E-state index in [1.54, 1.807) is 5.57 Å². The Morgan fingerprint density at radius 1 is 0.821 bits per heavy atom. The maximum absolute atomic E-state index is 2.49. The monoisotopic (exact) mass is 366 g/mol. The highest BCUT2D eigenvalue weighted by molar-refractivity contribution is 5.91. The maximum Gasteiger partial charge on any atom is -0.00575 e. The topological polar surface area (TPSA) is 0 Å². The van der Waals surface area contributed by atoms with Crippen molar-refractivity contribution < 1.29 is 0 Å². The molecule has 4 rings (SSSR count). The fraction of sp³-hybridized carbons (Fsp3) is 0.286. The Morgan fingerprint density at radius 3 is 2.25 bits per heavy atom. The zero-order valence-electron chi connectivity index (χ0n) is 17.3. The van der Waals surface area contributed by atoms with E-state index in [1.165, 1.54) is 51.8 Å². The first-order valence-electron chi connectivity index (χ1n) is 10.7. The maximum atomic E-state index is 2.49.